The van der Waals surface area contributed by atoms with Gasteiger partial charge in [-0.05, 0) is 37.6 Å². The fourth-order valence-corrected chi connectivity index (χ4v) is 1.97. The number of hydrogen-bond donors (Lipinski definition) is 2. The lowest BCUT2D eigenvalue weighted by Crippen LogP contribution is -2.07. The van der Waals surface area contributed by atoms with Crippen LogP contribution >= 0.6 is 0 Å². The third-order valence-corrected chi connectivity index (χ3v) is 2.90. The predicted molar refractivity (Wildman–Crippen MR) is 77.3 cm³/mol. The van der Waals surface area contributed by atoms with Crippen LogP contribution in [0, 0.1) is 6.92 Å². The molecular formula is C14H14F3N5. The van der Waals surface area contributed by atoms with Crippen molar-refractivity contribution in [1.29, 1.82) is 0 Å². The van der Waals surface area contributed by atoms with Crippen LogP contribution in [0.1, 0.15) is 23.7 Å². The van der Waals surface area contributed by atoms with E-state index >= 15 is 0 Å². The summed E-state index contributed by atoms with van der Waals surface area (Å²) in [7, 11) is 0. The number of nitrogens with zero attached hydrogens (tertiary/aromatic N) is 3. The Kier molecular flexibility index (Phi) is 4.03. The highest BCUT2D eigenvalue weighted by Gasteiger charge is 2.30. The van der Waals surface area contributed by atoms with E-state index in [1.54, 1.807) is 13.8 Å². The fraction of sp³-hybridized carbons (Fsp3) is 0.214. The van der Waals surface area contributed by atoms with Gasteiger partial charge in [0.1, 0.15) is 5.69 Å². The zero-order valence-corrected chi connectivity index (χ0v) is 11.9. The lowest BCUT2D eigenvalue weighted by atomic mass is 10.0. The van der Waals surface area contributed by atoms with Gasteiger partial charge in [0.25, 0.3) is 0 Å². The molecule has 5 nitrogen and oxygen atoms in total. The quantitative estimate of drug-likeness (QED) is 0.890. The van der Waals surface area contributed by atoms with E-state index in [1.807, 2.05) is 0 Å². The van der Waals surface area contributed by atoms with Crippen LogP contribution in [0.3, 0.4) is 0 Å². The standard InChI is InChI=1S/C14H14F3N5/c1-7-5-9(14(15,16)17)3-4-10(7)12-11(6-8(2)18)20-13(19)22-21-12/h3-6H,18H2,1-2H3,(H2,19,20,22). The van der Waals surface area contributed by atoms with Gasteiger partial charge in [-0.1, -0.05) is 6.07 Å². The number of hydrogen-bond acceptors (Lipinski definition) is 5. The Morgan fingerprint density at radius 1 is 1.23 bits per heavy atom. The van der Waals surface area contributed by atoms with Gasteiger partial charge in [0.15, 0.2) is 0 Å². The maximum atomic E-state index is 12.7. The van der Waals surface area contributed by atoms with Crippen molar-refractivity contribution < 1.29 is 13.2 Å². The molecule has 1 aromatic heterocycles. The normalized spacial score (nSPS) is 12.5. The second-order valence-corrected chi connectivity index (χ2v) is 4.82. The number of allylic oxidation sites excluding steroid dienone is 1. The largest absolute Gasteiger partial charge is 0.416 e. The average molecular weight is 309 g/mol. The topological polar surface area (TPSA) is 90.7 Å². The summed E-state index contributed by atoms with van der Waals surface area (Å²) < 4.78 is 38.2. The summed E-state index contributed by atoms with van der Waals surface area (Å²) >= 11 is 0. The average Bonchev–Trinajstić information content (AvgIpc) is 2.38. The van der Waals surface area contributed by atoms with Crippen LogP contribution in [0.2, 0.25) is 0 Å². The smallest absolute Gasteiger partial charge is 0.402 e. The van der Waals surface area contributed by atoms with Gasteiger partial charge in [-0.15, -0.1) is 10.2 Å². The van der Waals surface area contributed by atoms with Crippen molar-refractivity contribution in [1.82, 2.24) is 15.2 Å². The minimum absolute atomic E-state index is 0.0409. The third kappa shape index (κ3) is 3.33. The molecule has 1 aromatic carbocycles. The number of anilines is 1. The summed E-state index contributed by atoms with van der Waals surface area (Å²) in [5.41, 5.74) is 12.4. The number of benzene rings is 1. The molecule has 2 aromatic rings. The molecule has 0 saturated carbocycles. The van der Waals surface area contributed by atoms with E-state index in [4.69, 9.17) is 11.5 Å². The molecular weight excluding hydrogens is 295 g/mol. The van der Waals surface area contributed by atoms with Crippen molar-refractivity contribution in [3.63, 3.8) is 0 Å². The molecule has 0 spiro atoms. The van der Waals surface area contributed by atoms with Gasteiger partial charge in [-0.3, -0.25) is 0 Å². The molecule has 0 aliphatic rings. The summed E-state index contributed by atoms with van der Waals surface area (Å²) in [6, 6.07) is 3.38. The summed E-state index contributed by atoms with van der Waals surface area (Å²) in [6.45, 7) is 3.22. The van der Waals surface area contributed by atoms with Crippen LogP contribution in [-0.2, 0) is 6.18 Å². The monoisotopic (exact) mass is 309 g/mol. The molecule has 1 heterocycles. The van der Waals surface area contributed by atoms with E-state index in [1.165, 1.54) is 12.1 Å². The summed E-state index contributed by atoms with van der Waals surface area (Å²) in [5.74, 6) is -0.0409. The lowest BCUT2D eigenvalue weighted by molar-refractivity contribution is -0.137. The number of nitrogen functional groups attached to an aromatic ring is 1. The van der Waals surface area contributed by atoms with Crippen molar-refractivity contribution in [2.75, 3.05) is 5.73 Å². The van der Waals surface area contributed by atoms with Gasteiger partial charge in [0, 0.05) is 11.3 Å². The zero-order valence-electron chi connectivity index (χ0n) is 11.9. The molecule has 0 saturated heterocycles. The lowest BCUT2D eigenvalue weighted by Gasteiger charge is -2.12. The van der Waals surface area contributed by atoms with E-state index < -0.39 is 11.7 Å². The molecule has 0 atom stereocenters. The molecule has 8 heteroatoms. The molecule has 0 fully saturated rings. The first-order chi connectivity index (χ1) is 10.2. The summed E-state index contributed by atoms with van der Waals surface area (Å²) in [6.07, 6.45) is -2.86. The maximum absolute atomic E-state index is 12.7. The van der Waals surface area contributed by atoms with E-state index in [-0.39, 0.29) is 5.95 Å². The van der Waals surface area contributed by atoms with Crippen molar-refractivity contribution >= 4 is 12.0 Å². The molecule has 4 N–H and O–H groups in total. The number of halogens is 3. The van der Waals surface area contributed by atoms with E-state index in [9.17, 15) is 13.2 Å². The van der Waals surface area contributed by atoms with Crippen LogP contribution in [-0.4, -0.2) is 15.2 Å². The Bertz CT molecular complexity index is 734. The van der Waals surface area contributed by atoms with Crippen LogP contribution in [0.15, 0.2) is 23.9 Å². The molecule has 0 radical (unpaired) electrons. The highest BCUT2D eigenvalue weighted by atomic mass is 19.4. The first-order valence-corrected chi connectivity index (χ1v) is 6.30. The predicted octanol–water partition coefficient (Wildman–Crippen LogP) is 2.77. The van der Waals surface area contributed by atoms with Crippen LogP contribution in [0.4, 0.5) is 19.1 Å². The maximum Gasteiger partial charge on any atom is 0.416 e. The van der Waals surface area contributed by atoms with Crippen molar-refractivity contribution in [3.05, 3.63) is 40.7 Å². The van der Waals surface area contributed by atoms with E-state index in [0.717, 1.165) is 12.1 Å². The molecule has 0 aliphatic carbocycles. The minimum Gasteiger partial charge on any atom is -0.402 e. The molecule has 0 unspecified atom stereocenters. The molecule has 0 bridgehead atoms. The molecule has 116 valence electrons. The first kappa shape index (κ1) is 15.7. The second kappa shape index (κ2) is 5.63. The highest BCUT2D eigenvalue weighted by Crippen LogP contribution is 2.33. The molecule has 2 rings (SSSR count). The van der Waals surface area contributed by atoms with Gasteiger partial charge >= 0.3 is 6.18 Å². The Hall–Kier alpha value is -2.64. The number of aryl methyl sites for hydroxylation is 1. The minimum atomic E-state index is -4.40. The van der Waals surface area contributed by atoms with Gasteiger partial charge < -0.3 is 11.5 Å². The SMILES string of the molecule is CC(N)=Cc1nc(N)nnc1-c1ccc(C(F)(F)F)cc1C. The first-order valence-electron chi connectivity index (χ1n) is 6.30. The number of alkyl halides is 3. The Balaban J connectivity index is 2.60. The van der Waals surface area contributed by atoms with Crippen LogP contribution in [0.25, 0.3) is 17.3 Å². The molecule has 22 heavy (non-hydrogen) atoms. The van der Waals surface area contributed by atoms with Crippen molar-refractivity contribution in [3.8, 4) is 11.3 Å². The Morgan fingerprint density at radius 3 is 2.45 bits per heavy atom. The molecule has 0 amide bonds. The van der Waals surface area contributed by atoms with E-state index in [2.05, 4.69) is 15.2 Å². The summed E-state index contributed by atoms with van der Waals surface area (Å²) in [5, 5.41) is 7.60. The van der Waals surface area contributed by atoms with Gasteiger partial charge in [0.05, 0.1) is 11.3 Å². The molecule has 0 aliphatic heterocycles. The number of nitrogens with two attached hydrogens (primary N) is 2. The third-order valence-electron chi connectivity index (χ3n) is 2.90. The van der Waals surface area contributed by atoms with E-state index in [0.29, 0.717) is 28.2 Å². The van der Waals surface area contributed by atoms with Gasteiger partial charge in [-0.2, -0.15) is 13.2 Å². The van der Waals surface area contributed by atoms with Crippen LogP contribution in [0.5, 0.6) is 0 Å². The van der Waals surface area contributed by atoms with Gasteiger partial charge in [0.2, 0.25) is 5.95 Å². The van der Waals surface area contributed by atoms with Crippen molar-refractivity contribution in [2.45, 2.75) is 20.0 Å². The Labute approximate surface area is 124 Å². The van der Waals surface area contributed by atoms with Gasteiger partial charge in [-0.25, -0.2) is 4.98 Å². The second-order valence-electron chi connectivity index (χ2n) is 4.82. The van der Waals surface area contributed by atoms with Crippen LogP contribution < -0.4 is 11.5 Å². The number of aromatic nitrogens is 3. The highest BCUT2D eigenvalue weighted by molar-refractivity contribution is 5.73. The Morgan fingerprint density at radius 2 is 1.91 bits per heavy atom. The zero-order chi connectivity index (χ0) is 16.5. The summed E-state index contributed by atoms with van der Waals surface area (Å²) in [4.78, 5) is 4.03. The van der Waals surface area contributed by atoms with Crippen molar-refractivity contribution in [2.24, 2.45) is 5.73 Å². The number of rotatable bonds is 2. The fourth-order valence-electron chi connectivity index (χ4n) is 1.97.